The van der Waals surface area contributed by atoms with Gasteiger partial charge in [0.1, 0.15) is 5.75 Å². The zero-order valence-electron chi connectivity index (χ0n) is 13.3. The van der Waals surface area contributed by atoms with E-state index in [9.17, 15) is 13.2 Å². The van der Waals surface area contributed by atoms with Gasteiger partial charge in [-0.1, -0.05) is 19.9 Å². The van der Waals surface area contributed by atoms with E-state index in [-0.39, 0.29) is 30.1 Å². The Kier molecular flexibility index (Phi) is 5.11. The maximum absolute atomic E-state index is 11.8. The molecule has 0 radical (unpaired) electrons. The van der Waals surface area contributed by atoms with Crippen LogP contribution in [0, 0.1) is 6.92 Å². The number of hydrogen-bond acceptors (Lipinski definition) is 4. The van der Waals surface area contributed by atoms with Crippen LogP contribution < -0.4 is 10.1 Å². The number of ether oxygens (including phenoxy) is 1. The number of nitrogens with one attached hydrogen (secondary N) is 1. The number of amides is 1. The van der Waals surface area contributed by atoms with E-state index < -0.39 is 9.84 Å². The minimum Gasteiger partial charge on any atom is -0.484 e. The van der Waals surface area contributed by atoms with Crippen molar-refractivity contribution >= 4 is 15.7 Å². The van der Waals surface area contributed by atoms with Gasteiger partial charge in [0.25, 0.3) is 5.91 Å². The van der Waals surface area contributed by atoms with Gasteiger partial charge in [0, 0.05) is 6.04 Å². The molecule has 0 aromatic heterocycles. The van der Waals surface area contributed by atoms with Crippen LogP contribution in [-0.2, 0) is 14.6 Å². The van der Waals surface area contributed by atoms with Crippen LogP contribution in [0.25, 0.3) is 0 Å². The lowest BCUT2D eigenvalue weighted by Gasteiger charge is -2.14. The third kappa shape index (κ3) is 4.47. The van der Waals surface area contributed by atoms with Gasteiger partial charge in [-0.2, -0.15) is 0 Å². The van der Waals surface area contributed by atoms with Crippen molar-refractivity contribution < 1.29 is 17.9 Å². The quantitative estimate of drug-likeness (QED) is 0.896. The van der Waals surface area contributed by atoms with Crippen LogP contribution in [0.2, 0.25) is 0 Å². The van der Waals surface area contributed by atoms with Crippen LogP contribution in [0.3, 0.4) is 0 Å². The average Bonchev–Trinajstić information content (AvgIpc) is 2.75. The molecule has 6 heteroatoms. The van der Waals surface area contributed by atoms with Gasteiger partial charge in [0.2, 0.25) is 0 Å². The molecule has 1 atom stereocenters. The first kappa shape index (κ1) is 16.8. The zero-order chi connectivity index (χ0) is 16.3. The van der Waals surface area contributed by atoms with E-state index in [0.29, 0.717) is 18.1 Å². The molecule has 0 aliphatic carbocycles. The molecule has 1 amide bonds. The molecule has 2 rings (SSSR count). The van der Waals surface area contributed by atoms with E-state index in [4.69, 9.17) is 4.74 Å². The summed E-state index contributed by atoms with van der Waals surface area (Å²) in [6.07, 6.45) is 0.482. The van der Waals surface area contributed by atoms with Crippen molar-refractivity contribution in [3.05, 3.63) is 29.3 Å². The maximum Gasteiger partial charge on any atom is 0.258 e. The minimum absolute atomic E-state index is 0.0287. The van der Waals surface area contributed by atoms with Crippen molar-refractivity contribution in [2.24, 2.45) is 0 Å². The Morgan fingerprint density at radius 3 is 2.68 bits per heavy atom. The van der Waals surface area contributed by atoms with Gasteiger partial charge in [0.15, 0.2) is 16.4 Å². The average molecular weight is 325 g/mol. The van der Waals surface area contributed by atoms with Gasteiger partial charge >= 0.3 is 0 Å². The minimum atomic E-state index is -2.98. The maximum atomic E-state index is 11.8. The largest absolute Gasteiger partial charge is 0.484 e. The Morgan fingerprint density at radius 2 is 2.14 bits per heavy atom. The molecular weight excluding hydrogens is 302 g/mol. The van der Waals surface area contributed by atoms with Crippen LogP contribution in [0.15, 0.2) is 18.2 Å². The van der Waals surface area contributed by atoms with Gasteiger partial charge in [-0.3, -0.25) is 4.79 Å². The van der Waals surface area contributed by atoms with E-state index in [2.05, 4.69) is 19.2 Å². The topological polar surface area (TPSA) is 72.5 Å². The second kappa shape index (κ2) is 6.69. The number of carbonyl (C=O) groups is 1. The first-order valence-corrected chi connectivity index (χ1v) is 9.32. The predicted octanol–water partition coefficient (Wildman–Crippen LogP) is 1.80. The molecule has 5 nitrogen and oxygen atoms in total. The number of carbonyl (C=O) groups excluding carboxylic acids is 1. The molecule has 0 bridgehead atoms. The molecule has 1 unspecified atom stereocenters. The monoisotopic (exact) mass is 325 g/mol. The lowest BCUT2D eigenvalue weighted by Crippen LogP contribution is -2.38. The van der Waals surface area contributed by atoms with Crippen LogP contribution >= 0.6 is 0 Å². The molecule has 122 valence electrons. The zero-order valence-corrected chi connectivity index (χ0v) is 14.1. The normalized spacial score (nSPS) is 20.1. The van der Waals surface area contributed by atoms with Crippen molar-refractivity contribution in [2.75, 3.05) is 18.1 Å². The Bertz CT molecular complexity index is 652. The standard InChI is InChI=1S/C16H23NO4S/c1-11(2)15-5-4-14(8-12(15)3)21-9-16(18)17-13-6-7-22(19,20)10-13/h4-5,8,11,13H,6-7,9-10H2,1-3H3,(H,17,18). The SMILES string of the molecule is Cc1cc(OCC(=O)NC2CCS(=O)(=O)C2)ccc1C(C)C. The molecule has 1 heterocycles. The first-order chi connectivity index (χ1) is 10.3. The van der Waals surface area contributed by atoms with Gasteiger partial charge < -0.3 is 10.1 Å². The fourth-order valence-electron chi connectivity index (χ4n) is 2.71. The van der Waals surface area contributed by atoms with Crippen molar-refractivity contribution in [1.82, 2.24) is 5.32 Å². The van der Waals surface area contributed by atoms with Crippen molar-refractivity contribution in [3.8, 4) is 5.75 Å². The Morgan fingerprint density at radius 1 is 1.41 bits per heavy atom. The number of rotatable bonds is 5. The molecule has 22 heavy (non-hydrogen) atoms. The van der Waals surface area contributed by atoms with Gasteiger partial charge in [-0.25, -0.2) is 8.42 Å². The summed E-state index contributed by atoms with van der Waals surface area (Å²) in [6.45, 7) is 6.18. The van der Waals surface area contributed by atoms with Crippen LogP contribution in [0.5, 0.6) is 5.75 Å². The molecule has 1 aromatic rings. The highest BCUT2D eigenvalue weighted by Crippen LogP contribution is 2.23. The second-order valence-corrected chi connectivity index (χ2v) is 8.36. The highest BCUT2D eigenvalue weighted by atomic mass is 32.2. The van der Waals surface area contributed by atoms with Crippen LogP contribution in [0.4, 0.5) is 0 Å². The lowest BCUT2D eigenvalue weighted by atomic mass is 9.98. The summed E-state index contributed by atoms with van der Waals surface area (Å²) in [5.74, 6) is 0.987. The molecular formula is C16H23NO4S. The van der Waals surface area contributed by atoms with E-state index >= 15 is 0 Å². The van der Waals surface area contributed by atoms with Crippen LogP contribution in [-0.4, -0.2) is 38.5 Å². The molecule has 1 aliphatic rings. The number of hydrogen-bond donors (Lipinski definition) is 1. The summed E-state index contributed by atoms with van der Waals surface area (Å²) in [7, 11) is -2.98. The van der Waals surface area contributed by atoms with Crippen molar-refractivity contribution in [3.63, 3.8) is 0 Å². The van der Waals surface area contributed by atoms with E-state index in [1.54, 1.807) is 0 Å². The molecule has 1 aliphatic heterocycles. The van der Waals surface area contributed by atoms with E-state index in [1.807, 2.05) is 25.1 Å². The molecule has 1 N–H and O–H groups in total. The molecule has 0 saturated carbocycles. The molecule has 0 spiro atoms. The predicted molar refractivity (Wildman–Crippen MR) is 86.0 cm³/mol. The third-order valence-corrected chi connectivity index (χ3v) is 5.60. The fourth-order valence-corrected chi connectivity index (χ4v) is 4.39. The van der Waals surface area contributed by atoms with E-state index in [1.165, 1.54) is 5.56 Å². The summed E-state index contributed by atoms with van der Waals surface area (Å²) in [5, 5.41) is 2.71. The summed E-state index contributed by atoms with van der Waals surface area (Å²) in [4.78, 5) is 11.8. The lowest BCUT2D eigenvalue weighted by molar-refractivity contribution is -0.123. The second-order valence-electron chi connectivity index (χ2n) is 6.13. The Labute approximate surface area is 132 Å². The van der Waals surface area contributed by atoms with Crippen molar-refractivity contribution in [1.29, 1.82) is 0 Å². The molecule has 1 fully saturated rings. The fraction of sp³-hybridized carbons (Fsp3) is 0.562. The number of aryl methyl sites for hydroxylation is 1. The highest BCUT2D eigenvalue weighted by molar-refractivity contribution is 7.91. The summed E-state index contributed by atoms with van der Waals surface area (Å²) >= 11 is 0. The summed E-state index contributed by atoms with van der Waals surface area (Å²) < 4.78 is 28.2. The number of sulfone groups is 1. The molecule has 1 aromatic carbocycles. The van der Waals surface area contributed by atoms with Crippen molar-refractivity contribution in [2.45, 2.75) is 39.2 Å². The van der Waals surface area contributed by atoms with Gasteiger partial charge in [0.05, 0.1) is 11.5 Å². The molecule has 1 saturated heterocycles. The number of benzene rings is 1. The first-order valence-electron chi connectivity index (χ1n) is 7.50. The van der Waals surface area contributed by atoms with Crippen LogP contribution in [0.1, 0.15) is 37.3 Å². The summed E-state index contributed by atoms with van der Waals surface area (Å²) in [6, 6.07) is 5.50. The smallest absolute Gasteiger partial charge is 0.258 e. The third-order valence-electron chi connectivity index (χ3n) is 3.83. The summed E-state index contributed by atoms with van der Waals surface area (Å²) in [5.41, 5.74) is 2.39. The Hall–Kier alpha value is -1.56. The van der Waals surface area contributed by atoms with Gasteiger partial charge in [-0.05, 0) is 42.5 Å². The highest BCUT2D eigenvalue weighted by Gasteiger charge is 2.28. The van der Waals surface area contributed by atoms with E-state index in [0.717, 1.165) is 5.56 Å². The van der Waals surface area contributed by atoms with Gasteiger partial charge in [-0.15, -0.1) is 0 Å². The Balaban J connectivity index is 1.85.